The lowest BCUT2D eigenvalue weighted by Gasteiger charge is -2.36. The van der Waals surface area contributed by atoms with E-state index in [1.807, 2.05) is 48.5 Å². The predicted octanol–water partition coefficient (Wildman–Crippen LogP) is 10.7. The Morgan fingerprint density at radius 2 is 1.39 bits per heavy atom. The number of ether oxygens (including phenoxy) is 4. The molecule has 5 atom stereocenters. The molecule has 2 N–H and O–H groups in total. The highest BCUT2D eigenvalue weighted by molar-refractivity contribution is 5.88. The molecule has 0 bridgehead atoms. The molecule has 2 aliphatic carbocycles. The van der Waals surface area contributed by atoms with Crippen molar-refractivity contribution in [2.75, 3.05) is 40.0 Å². The van der Waals surface area contributed by atoms with Gasteiger partial charge in [0.05, 0.1) is 44.2 Å². The average molecular weight is 896 g/mol. The minimum absolute atomic E-state index is 0. The van der Waals surface area contributed by atoms with Crippen LogP contribution in [0.25, 0.3) is 0 Å². The quantitative estimate of drug-likeness (QED) is 0.150. The summed E-state index contributed by atoms with van der Waals surface area (Å²) in [5.74, 6) is -3.00. The van der Waals surface area contributed by atoms with E-state index >= 15 is 0 Å². The average Bonchev–Trinajstić information content (AvgIpc) is 3.26. The van der Waals surface area contributed by atoms with E-state index in [0.717, 1.165) is 31.2 Å². The van der Waals surface area contributed by atoms with Crippen molar-refractivity contribution in [1.82, 2.24) is 15.5 Å². The normalized spacial score (nSPS) is 22.8. The minimum atomic E-state index is -2.58. The van der Waals surface area contributed by atoms with Crippen LogP contribution in [-0.4, -0.2) is 105 Å². The largest absolute Gasteiger partial charge is 0.384 e. The van der Waals surface area contributed by atoms with Crippen LogP contribution in [-0.2, 0) is 39.9 Å². The Kier molecular flexibility index (Phi) is 30.5. The van der Waals surface area contributed by atoms with Crippen LogP contribution in [0.1, 0.15) is 156 Å². The number of methoxy groups -OCH3 is 1. The van der Waals surface area contributed by atoms with Crippen LogP contribution >= 0.6 is 0 Å². The fourth-order valence-corrected chi connectivity index (χ4v) is 7.26. The molecule has 1 heterocycles. The number of alkyl halides is 3. The zero-order valence-electron chi connectivity index (χ0n) is 40.6. The molecule has 0 spiro atoms. The highest BCUT2D eigenvalue weighted by atomic mass is 19.3. The molecular weight excluding hydrogens is 807 g/mol. The van der Waals surface area contributed by atoms with Gasteiger partial charge < -0.3 is 34.5 Å². The molecule has 1 aliphatic heterocycles. The van der Waals surface area contributed by atoms with Crippen LogP contribution in [0.3, 0.4) is 0 Å². The SMILES string of the molecule is CC.CC.CC.CC(=O)NC(COC1CCC(F)(F)CC1)C(C)OCC1CCC(C)(F)CC1.COCC1CCCN(C(=O)C(NC(=O)C(C)C)C(C)OCc2ccc(F)cc2)C1.[HH].[HH]. The number of hydrogen-bond donors (Lipinski definition) is 2. The van der Waals surface area contributed by atoms with E-state index in [4.69, 9.17) is 18.9 Å². The summed E-state index contributed by atoms with van der Waals surface area (Å²) in [6.45, 7) is 25.2. The first-order chi connectivity index (χ1) is 29.4. The highest BCUT2D eigenvalue weighted by Gasteiger charge is 2.37. The standard InChI is InChI=1S/C22H33FN2O4.C20H34F3NO3.3C2H6.2H2/c1-15(2)21(26)24-20(16(3)29-14-17-7-9-19(23)10-8-17)22(27)25-11-5-6-18(12-25)13-28-4;1-14(26-12-16-4-8-19(3,21)9-5-16)18(24-15(2)25)13-27-17-6-10-20(22,23)11-7-17;3*1-2;;/h7-10,15-16,18,20H,5-6,11-14H2,1-4H3,(H,24,26);14,16-18H,4-13H2,1-3H3,(H,24,25);3*1-2H3;2*1H. The molecule has 1 aromatic rings. The van der Waals surface area contributed by atoms with Gasteiger partial charge in [0, 0.05) is 55.3 Å². The van der Waals surface area contributed by atoms with Gasteiger partial charge in [0.15, 0.2) is 0 Å². The smallest absolute Gasteiger partial charge is 0.248 e. The number of hydrogen-bond acceptors (Lipinski definition) is 7. The molecule has 2 saturated carbocycles. The van der Waals surface area contributed by atoms with Gasteiger partial charge in [-0.2, -0.15) is 0 Å². The monoisotopic (exact) mass is 896 g/mol. The summed E-state index contributed by atoms with van der Waals surface area (Å²) in [6, 6.07) is 4.93. The van der Waals surface area contributed by atoms with Crippen molar-refractivity contribution < 1.29 is 53.7 Å². The number of carbonyl (C=O) groups is 3. The van der Waals surface area contributed by atoms with E-state index in [0.29, 0.717) is 63.8 Å². The molecule has 0 radical (unpaired) electrons. The number of carbonyl (C=O) groups excluding carboxylic acids is 3. The molecule has 0 aromatic heterocycles. The number of nitrogens with zero attached hydrogens (tertiary/aromatic N) is 1. The molecule has 3 amide bonds. The third-order valence-electron chi connectivity index (χ3n) is 11.1. The molecule has 3 fully saturated rings. The Morgan fingerprint density at radius 1 is 0.806 bits per heavy atom. The second-order valence-corrected chi connectivity index (χ2v) is 16.6. The first-order valence-electron chi connectivity index (χ1n) is 23.4. The molecule has 4 rings (SSSR count). The number of nitrogens with one attached hydrogen (secondary N) is 2. The van der Waals surface area contributed by atoms with Gasteiger partial charge in [0.25, 0.3) is 0 Å². The summed E-state index contributed by atoms with van der Waals surface area (Å²) >= 11 is 0. The zero-order valence-corrected chi connectivity index (χ0v) is 40.6. The molecule has 366 valence electrons. The predicted molar refractivity (Wildman–Crippen MR) is 245 cm³/mol. The van der Waals surface area contributed by atoms with Crippen LogP contribution in [0.5, 0.6) is 0 Å². The number of likely N-dealkylation sites (tertiary alicyclic amines) is 1. The first kappa shape index (κ1) is 59.2. The molecule has 14 heteroatoms. The van der Waals surface area contributed by atoms with Crippen LogP contribution in [0.4, 0.5) is 17.6 Å². The molecule has 3 aliphatic rings. The van der Waals surface area contributed by atoms with Crippen molar-refractivity contribution in [1.29, 1.82) is 0 Å². The third-order valence-corrected chi connectivity index (χ3v) is 11.1. The second kappa shape index (κ2) is 31.9. The molecule has 5 unspecified atom stereocenters. The number of piperidine rings is 1. The van der Waals surface area contributed by atoms with Gasteiger partial charge in [0.2, 0.25) is 23.6 Å². The van der Waals surface area contributed by atoms with Crippen LogP contribution in [0, 0.1) is 23.6 Å². The maximum absolute atomic E-state index is 13.9. The summed E-state index contributed by atoms with van der Waals surface area (Å²) in [4.78, 5) is 38.9. The number of halogens is 4. The summed E-state index contributed by atoms with van der Waals surface area (Å²) < 4.78 is 76.4. The lowest BCUT2D eigenvalue weighted by Crippen LogP contribution is -2.56. The fraction of sp³-hybridized carbons (Fsp3) is 0.812. The van der Waals surface area contributed by atoms with Crippen molar-refractivity contribution in [2.45, 2.75) is 196 Å². The summed E-state index contributed by atoms with van der Waals surface area (Å²) in [5, 5.41) is 5.70. The van der Waals surface area contributed by atoms with Gasteiger partial charge in [-0.1, -0.05) is 67.5 Å². The Morgan fingerprint density at radius 3 is 1.92 bits per heavy atom. The third kappa shape index (κ3) is 23.8. The number of rotatable bonds is 17. The molecule has 1 aromatic carbocycles. The van der Waals surface area contributed by atoms with E-state index in [2.05, 4.69) is 10.6 Å². The van der Waals surface area contributed by atoms with Gasteiger partial charge in [-0.25, -0.2) is 17.6 Å². The summed E-state index contributed by atoms with van der Waals surface area (Å²) in [7, 11) is 1.66. The molecular formula is C48H89F4N3O7. The van der Waals surface area contributed by atoms with E-state index < -0.39 is 23.7 Å². The van der Waals surface area contributed by atoms with E-state index in [9.17, 15) is 31.9 Å². The summed E-state index contributed by atoms with van der Waals surface area (Å²) in [6.07, 6.45) is 4.02. The van der Waals surface area contributed by atoms with Gasteiger partial charge in [-0.05, 0) is 102 Å². The van der Waals surface area contributed by atoms with Gasteiger partial charge in [0.1, 0.15) is 17.5 Å². The van der Waals surface area contributed by atoms with Gasteiger partial charge in [-0.15, -0.1) is 0 Å². The summed E-state index contributed by atoms with van der Waals surface area (Å²) in [5.41, 5.74) is -0.261. The van der Waals surface area contributed by atoms with Crippen molar-refractivity contribution in [3.8, 4) is 0 Å². The van der Waals surface area contributed by atoms with Crippen molar-refractivity contribution in [3.63, 3.8) is 0 Å². The highest BCUT2D eigenvalue weighted by Crippen LogP contribution is 2.36. The Bertz CT molecular complexity index is 1350. The van der Waals surface area contributed by atoms with Crippen LogP contribution < -0.4 is 10.6 Å². The molecule has 62 heavy (non-hydrogen) atoms. The topological polar surface area (TPSA) is 115 Å². The molecule has 1 saturated heterocycles. The first-order valence-corrected chi connectivity index (χ1v) is 23.4. The Labute approximate surface area is 375 Å². The Balaban J connectivity index is -0.00000101. The number of amides is 3. The van der Waals surface area contributed by atoms with E-state index in [1.165, 1.54) is 19.1 Å². The lowest BCUT2D eigenvalue weighted by molar-refractivity contribution is -0.143. The van der Waals surface area contributed by atoms with Crippen LogP contribution in [0.2, 0.25) is 0 Å². The fourth-order valence-electron chi connectivity index (χ4n) is 7.26. The zero-order chi connectivity index (χ0) is 47.5. The Hall–Kier alpha value is -2.81. The second-order valence-electron chi connectivity index (χ2n) is 16.6. The maximum Gasteiger partial charge on any atom is 0.248 e. The lowest BCUT2D eigenvalue weighted by atomic mass is 9.81. The van der Waals surface area contributed by atoms with E-state index in [-0.39, 0.29) is 76.6 Å². The van der Waals surface area contributed by atoms with Crippen molar-refractivity contribution >= 4 is 17.7 Å². The van der Waals surface area contributed by atoms with Crippen LogP contribution in [0.15, 0.2) is 24.3 Å². The van der Waals surface area contributed by atoms with Crippen molar-refractivity contribution in [3.05, 3.63) is 35.6 Å². The number of benzene rings is 1. The minimum Gasteiger partial charge on any atom is -0.384 e. The van der Waals surface area contributed by atoms with Crippen molar-refractivity contribution in [2.24, 2.45) is 17.8 Å². The molecule has 10 nitrogen and oxygen atoms in total. The van der Waals surface area contributed by atoms with Gasteiger partial charge >= 0.3 is 0 Å². The maximum atomic E-state index is 13.9. The van der Waals surface area contributed by atoms with Gasteiger partial charge in [-0.3, -0.25) is 14.4 Å². The van der Waals surface area contributed by atoms with E-state index in [1.54, 1.807) is 51.8 Å².